The van der Waals surface area contributed by atoms with E-state index in [0.717, 1.165) is 44.6 Å². The molecule has 0 aromatic heterocycles. The Kier molecular flexibility index (Phi) is 7.37. The number of benzene rings is 1. The normalized spacial score (nSPS) is 23.0. The fraction of sp³-hybridized carbons (Fsp3) is 0.632. The average molecular weight is 459 g/mol. The fourth-order valence-corrected chi connectivity index (χ4v) is 3.77. The number of guanidine groups is 1. The number of ether oxygens (including phenoxy) is 2. The Labute approximate surface area is 168 Å². The van der Waals surface area contributed by atoms with Crippen molar-refractivity contribution in [3.63, 3.8) is 0 Å². The van der Waals surface area contributed by atoms with E-state index < -0.39 is 0 Å². The number of aliphatic imine (C=N–C) groups is 1. The number of aryl methyl sites for hydroxylation is 2. The van der Waals surface area contributed by atoms with Crippen LogP contribution in [0.2, 0.25) is 0 Å². The number of rotatable bonds is 4. The molecule has 2 saturated heterocycles. The van der Waals surface area contributed by atoms with Gasteiger partial charge in [-0.2, -0.15) is 0 Å². The van der Waals surface area contributed by atoms with Crippen molar-refractivity contribution in [2.75, 3.05) is 46.5 Å². The quantitative estimate of drug-likeness (QED) is 0.326. The summed E-state index contributed by atoms with van der Waals surface area (Å²) in [6, 6.07) is 6.31. The standard InChI is InChI=1S/C19H29N3O2.HI/c1-15-10-16(2)12-17(11-15)24-9-6-21-18(20-3)22-7-4-19(13-22)5-8-23-14-19;/h10-12H,4-9,13-14H2,1-3H3,(H,20,21);1H. The minimum absolute atomic E-state index is 0. The summed E-state index contributed by atoms with van der Waals surface area (Å²) in [6.45, 7) is 9.47. The van der Waals surface area contributed by atoms with E-state index in [1.54, 1.807) is 0 Å². The van der Waals surface area contributed by atoms with E-state index in [1.165, 1.54) is 24.0 Å². The molecule has 2 fully saturated rings. The highest BCUT2D eigenvalue weighted by atomic mass is 127. The van der Waals surface area contributed by atoms with Crippen molar-refractivity contribution in [1.82, 2.24) is 10.2 Å². The Morgan fingerprint density at radius 2 is 2.04 bits per heavy atom. The Morgan fingerprint density at radius 1 is 1.28 bits per heavy atom. The second-order valence-electron chi connectivity index (χ2n) is 7.12. The fourth-order valence-electron chi connectivity index (χ4n) is 3.77. The van der Waals surface area contributed by atoms with Crippen LogP contribution in [0.15, 0.2) is 23.2 Å². The monoisotopic (exact) mass is 459 g/mol. The predicted molar refractivity (Wildman–Crippen MR) is 112 cm³/mol. The highest BCUT2D eigenvalue weighted by Gasteiger charge is 2.42. The van der Waals surface area contributed by atoms with Crippen molar-refractivity contribution in [3.05, 3.63) is 29.3 Å². The minimum Gasteiger partial charge on any atom is -0.492 e. The Hall–Kier alpha value is -1.02. The zero-order valence-electron chi connectivity index (χ0n) is 15.5. The lowest BCUT2D eigenvalue weighted by molar-refractivity contribution is 0.156. The van der Waals surface area contributed by atoms with Gasteiger partial charge < -0.3 is 19.7 Å². The SMILES string of the molecule is CN=C(NCCOc1cc(C)cc(C)c1)N1CCC2(CCOC2)C1.I. The van der Waals surface area contributed by atoms with Crippen LogP contribution in [0.5, 0.6) is 5.75 Å². The number of nitrogens with one attached hydrogen (secondary N) is 1. The van der Waals surface area contributed by atoms with E-state index in [-0.39, 0.29) is 24.0 Å². The first-order valence-electron chi connectivity index (χ1n) is 8.85. The van der Waals surface area contributed by atoms with E-state index in [4.69, 9.17) is 9.47 Å². The summed E-state index contributed by atoms with van der Waals surface area (Å²) in [5.41, 5.74) is 2.82. The van der Waals surface area contributed by atoms with E-state index in [0.29, 0.717) is 12.0 Å². The maximum atomic E-state index is 5.86. The molecule has 0 saturated carbocycles. The summed E-state index contributed by atoms with van der Waals surface area (Å²) < 4.78 is 11.5. The van der Waals surface area contributed by atoms with E-state index in [1.807, 2.05) is 7.05 Å². The van der Waals surface area contributed by atoms with Gasteiger partial charge in [0.1, 0.15) is 12.4 Å². The van der Waals surface area contributed by atoms with Gasteiger partial charge in [0.05, 0.1) is 13.2 Å². The van der Waals surface area contributed by atoms with Crippen molar-refractivity contribution in [3.8, 4) is 5.75 Å². The topological polar surface area (TPSA) is 46.1 Å². The molecule has 0 aliphatic carbocycles. The van der Waals surface area contributed by atoms with Gasteiger partial charge in [-0.1, -0.05) is 6.07 Å². The molecule has 2 aliphatic rings. The zero-order chi connectivity index (χ0) is 17.0. The Bertz CT molecular complexity index is 580. The van der Waals surface area contributed by atoms with Gasteiger partial charge in [-0.25, -0.2) is 0 Å². The van der Waals surface area contributed by atoms with Gasteiger partial charge in [-0.3, -0.25) is 4.99 Å². The van der Waals surface area contributed by atoms with Crippen LogP contribution in [-0.4, -0.2) is 57.4 Å². The third-order valence-corrected chi connectivity index (χ3v) is 4.98. The summed E-state index contributed by atoms with van der Waals surface area (Å²) in [4.78, 5) is 6.79. The van der Waals surface area contributed by atoms with Crippen molar-refractivity contribution < 1.29 is 9.47 Å². The van der Waals surface area contributed by atoms with Gasteiger partial charge in [0, 0.05) is 32.2 Å². The first-order valence-corrected chi connectivity index (χ1v) is 8.85. The van der Waals surface area contributed by atoms with Crippen LogP contribution < -0.4 is 10.1 Å². The molecule has 1 atom stereocenters. The Morgan fingerprint density at radius 3 is 2.68 bits per heavy atom. The van der Waals surface area contributed by atoms with Gasteiger partial charge in [-0.15, -0.1) is 24.0 Å². The number of likely N-dealkylation sites (tertiary alicyclic amines) is 1. The maximum absolute atomic E-state index is 5.86. The third-order valence-electron chi connectivity index (χ3n) is 4.98. The minimum atomic E-state index is 0. The lowest BCUT2D eigenvalue weighted by atomic mass is 9.87. The van der Waals surface area contributed by atoms with Gasteiger partial charge in [0.2, 0.25) is 0 Å². The second-order valence-corrected chi connectivity index (χ2v) is 7.12. The molecule has 1 spiro atoms. The first kappa shape index (κ1) is 20.3. The van der Waals surface area contributed by atoms with Crippen LogP contribution in [0.1, 0.15) is 24.0 Å². The van der Waals surface area contributed by atoms with Crippen LogP contribution in [0, 0.1) is 19.3 Å². The lowest BCUT2D eigenvalue weighted by Crippen LogP contribution is -2.42. The number of hydrogen-bond donors (Lipinski definition) is 1. The first-order chi connectivity index (χ1) is 11.6. The number of hydrogen-bond acceptors (Lipinski definition) is 3. The van der Waals surface area contributed by atoms with Crippen LogP contribution >= 0.6 is 24.0 Å². The van der Waals surface area contributed by atoms with Crippen molar-refractivity contribution in [1.29, 1.82) is 0 Å². The van der Waals surface area contributed by atoms with Crippen LogP contribution in [0.4, 0.5) is 0 Å². The van der Waals surface area contributed by atoms with Gasteiger partial charge >= 0.3 is 0 Å². The smallest absolute Gasteiger partial charge is 0.193 e. The molecule has 0 amide bonds. The predicted octanol–water partition coefficient (Wildman–Crippen LogP) is 2.99. The van der Waals surface area contributed by atoms with E-state index in [9.17, 15) is 0 Å². The van der Waals surface area contributed by atoms with Crippen molar-refractivity contribution >= 4 is 29.9 Å². The van der Waals surface area contributed by atoms with Crippen LogP contribution in [0.25, 0.3) is 0 Å². The molecule has 5 nitrogen and oxygen atoms in total. The molecule has 2 aliphatic heterocycles. The molecule has 6 heteroatoms. The molecule has 140 valence electrons. The largest absolute Gasteiger partial charge is 0.492 e. The highest BCUT2D eigenvalue weighted by molar-refractivity contribution is 14.0. The molecule has 3 rings (SSSR count). The summed E-state index contributed by atoms with van der Waals surface area (Å²) >= 11 is 0. The summed E-state index contributed by atoms with van der Waals surface area (Å²) in [6.07, 6.45) is 2.38. The van der Waals surface area contributed by atoms with E-state index in [2.05, 4.69) is 47.3 Å². The average Bonchev–Trinajstić information content (AvgIpc) is 3.17. The lowest BCUT2D eigenvalue weighted by Gasteiger charge is -2.25. The van der Waals surface area contributed by atoms with Crippen molar-refractivity contribution in [2.24, 2.45) is 10.4 Å². The number of nitrogens with zero attached hydrogens (tertiary/aromatic N) is 2. The van der Waals surface area contributed by atoms with Gasteiger partial charge in [0.25, 0.3) is 0 Å². The third kappa shape index (κ3) is 5.23. The van der Waals surface area contributed by atoms with Crippen LogP contribution in [-0.2, 0) is 4.74 Å². The van der Waals surface area contributed by atoms with Gasteiger partial charge in [0.15, 0.2) is 5.96 Å². The molecule has 25 heavy (non-hydrogen) atoms. The summed E-state index contributed by atoms with van der Waals surface area (Å²) in [5.74, 6) is 1.91. The van der Waals surface area contributed by atoms with Crippen LogP contribution in [0.3, 0.4) is 0 Å². The summed E-state index contributed by atoms with van der Waals surface area (Å²) in [5, 5.41) is 3.43. The second kappa shape index (κ2) is 9.07. The zero-order valence-corrected chi connectivity index (χ0v) is 17.8. The molecule has 0 bridgehead atoms. The van der Waals surface area contributed by atoms with Gasteiger partial charge in [-0.05, 0) is 49.9 Å². The maximum Gasteiger partial charge on any atom is 0.193 e. The van der Waals surface area contributed by atoms with E-state index >= 15 is 0 Å². The summed E-state index contributed by atoms with van der Waals surface area (Å²) in [7, 11) is 1.85. The number of halogens is 1. The highest BCUT2D eigenvalue weighted by Crippen LogP contribution is 2.38. The molecule has 1 N–H and O–H groups in total. The molecule has 1 aromatic rings. The molecular formula is C19H30IN3O2. The molecule has 0 radical (unpaired) electrons. The molecular weight excluding hydrogens is 429 g/mol. The molecule has 1 unspecified atom stereocenters. The molecule has 2 heterocycles. The van der Waals surface area contributed by atoms with Crippen molar-refractivity contribution in [2.45, 2.75) is 26.7 Å². The Balaban J connectivity index is 0.00000225. The molecule has 1 aromatic carbocycles.